The lowest BCUT2D eigenvalue weighted by Crippen LogP contribution is -2.59. The molecule has 0 aromatic rings. The summed E-state index contributed by atoms with van der Waals surface area (Å²) < 4.78 is 0. The minimum Gasteiger partial charge on any atom is -0.480 e. The standard InChI is InChI=1S/C18H32N4O6/c1-5-11(3)13(15(23)24)19-17(27)21-7-9-22(10-8-21)18(28)20-14(16(25)26)12(4)6-2/h11-14H,5-10H2,1-4H3,(H,19,27)(H,20,28)(H,23,24)(H,25,26). The zero-order valence-electron chi connectivity index (χ0n) is 17.0. The summed E-state index contributed by atoms with van der Waals surface area (Å²) in [5, 5.41) is 23.7. The first-order valence-electron chi connectivity index (χ1n) is 9.68. The van der Waals surface area contributed by atoms with E-state index in [0.717, 1.165) is 0 Å². The average Bonchev–Trinajstić information content (AvgIpc) is 2.68. The molecule has 160 valence electrons. The Morgan fingerprint density at radius 1 is 0.750 bits per heavy atom. The average molecular weight is 400 g/mol. The topological polar surface area (TPSA) is 139 Å². The van der Waals surface area contributed by atoms with Crippen LogP contribution in [0.15, 0.2) is 0 Å². The van der Waals surface area contributed by atoms with Crippen molar-refractivity contribution in [1.29, 1.82) is 0 Å². The zero-order chi connectivity index (χ0) is 21.4. The maximum atomic E-state index is 12.4. The van der Waals surface area contributed by atoms with Crippen molar-refractivity contribution in [3.63, 3.8) is 0 Å². The van der Waals surface area contributed by atoms with Gasteiger partial charge in [-0.2, -0.15) is 0 Å². The number of hydrogen-bond acceptors (Lipinski definition) is 4. The Labute approximate surface area is 165 Å². The lowest BCUT2D eigenvalue weighted by Gasteiger charge is -2.36. The minimum absolute atomic E-state index is 0.206. The van der Waals surface area contributed by atoms with Crippen LogP contribution in [0.25, 0.3) is 0 Å². The molecule has 10 nitrogen and oxygen atoms in total. The zero-order valence-corrected chi connectivity index (χ0v) is 17.0. The van der Waals surface area contributed by atoms with Gasteiger partial charge < -0.3 is 30.6 Å². The molecule has 0 bridgehead atoms. The van der Waals surface area contributed by atoms with Crippen molar-refractivity contribution in [3.8, 4) is 0 Å². The van der Waals surface area contributed by atoms with Crippen LogP contribution in [0, 0.1) is 11.8 Å². The van der Waals surface area contributed by atoms with E-state index in [9.17, 15) is 29.4 Å². The van der Waals surface area contributed by atoms with Crippen molar-refractivity contribution in [2.24, 2.45) is 11.8 Å². The number of carboxylic acids is 2. The molecule has 1 aliphatic heterocycles. The summed E-state index contributed by atoms with van der Waals surface area (Å²) >= 11 is 0. The Morgan fingerprint density at radius 2 is 1.04 bits per heavy atom. The van der Waals surface area contributed by atoms with Crippen LogP contribution in [0.2, 0.25) is 0 Å². The highest BCUT2D eigenvalue weighted by Gasteiger charge is 2.32. The van der Waals surface area contributed by atoms with Crippen LogP contribution in [0.3, 0.4) is 0 Å². The Bertz CT molecular complexity index is 526. The molecule has 4 amide bonds. The normalized spacial score (nSPS) is 18.6. The second kappa shape index (κ2) is 10.7. The van der Waals surface area contributed by atoms with Gasteiger partial charge in [0.1, 0.15) is 12.1 Å². The highest BCUT2D eigenvalue weighted by Crippen LogP contribution is 2.11. The molecule has 1 aliphatic rings. The predicted molar refractivity (Wildman–Crippen MR) is 102 cm³/mol. The van der Waals surface area contributed by atoms with Crippen LogP contribution in [0.5, 0.6) is 0 Å². The Hall–Kier alpha value is -2.52. The SMILES string of the molecule is CCC(C)C(NC(=O)N1CCN(C(=O)NC(C(=O)O)C(C)CC)CC1)C(=O)O. The molecule has 1 fully saturated rings. The Balaban J connectivity index is 2.59. The Kier molecular flexibility index (Phi) is 9.01. The molecule has 0 radical (unpaired) electrons. The summed E-state index contributed by atoms with van der Waals surface area (Å²) in [5.41, 5.74) is 0. The first-order chi connectivity index (χ1) is 13.1. The second-order valence-electron chi connectivity index (χ2n) is 7.28. The van der Waals surface area contributed by atoms with Crippen LogP contribution >= 0.6 is 0 Å². The van der Waals surface area contributed by atoms with Crippen molar-refractivity contribution < 1.29 is 29.4 Å². The van der Waals surface area contributed by atoms with Crippen LogP contribution in [0.1, 0.15) is 40.5 Å². The maximum absolute atomic E-state index is 12.4. The number of amides is 4. The molecule has 0 saturated carbocycles. The monoisotopic (exact) mass is 400 g/mol. The largest absolute Gasteiger partial charge is 0.480 e. The second-order valence-corrected chi connectivity index (χ2v) is 7.28. The van der Waals surface area contributed by atoms with E-state index in [2.05, 4.69) is 10.6 Å². The lowest BCUT2D eigenvalue weighted by molar-refractivity contribution is -0.141. The van der Waals surface area contributed by atoms with Gasteiger partial charge in [-0.3, -0.25) is 0 Å². The number of carbonyl (C=O) groups is 4. The van der Waals surface area contributed by atoms with Gasteiger partial charge in [-0.15, -0.1) is 0 Å². The molecule has 1 saturated heterocycles. The number of hydrogen-bond donors (Lipinski definition) is 4. The van der Waals surface area contributed by atoms with Gasteiger partial charge in [-0.1, -0.05) is 40.5 Å². The number of carbonyl (C=O) groups excluding carboxylic acids is 2. The number of nitrogens with one attached hydrogen (secondary N) is 2. The molecule has 0 aromatic heterocycles. The first kappa shape index (κ1) is 23.5. The molecule has 4 unspecified atom stereocenters. The molecule has 4 atom stereocenters. The lowest BCUT2D eigenvalue weighted by atomic mass is 9.99. The van der Waals surface area contributed by atoms with E-state index >= 15 is 0 Å². The molecular formula is C18H32N4O6. The van der Waals surface area contributed by atoms with Crippen molar-refractivity contribution in [3.05, 3.63) is 0 Å². The summed E-state index contributed by atoms with van der Waals surface area (Å²) in [6.45, 7) is 8.21. The fraction of sp³-hybridized carbons (Fsp3) is 0.778. The highest BCUT2D eigenvalue weighted by molar-refractivity contribution is 5.84. The van der Waals surface area contributed by atoms with Crippen molar-refractivity contribution in [2.45, 2.75) is 52.6 Å². The summed E-state index contributed by atoms with van der Waals surface area (Å²) in [6, 6.07) is -2.89. The number of rotatable bonds is 8. The van der Waals surface area contributed by atoms with Gasteiger partial charge in [-0.05, 0) is 11.8 Å². The summed E-state index contributed by atoms with van der Waals surface area (Å²) in [6.07, 6.45) is 1.23. The van der Waals surface area contributed by atoms with E-state index in [0.29, 0.717) is 12.8 Å². The summed E-state index contributed by atoms with van der Waals surface area (Å²) in [5.74, 6) is -2.57. The van der Waals surface area contributed by atoms with E-state index in [1.165, 1.54) is 9.80 Å². The molecule has 10 heteroatoms. The number of aliphatic carboxylic acids is 2. The van der Waals surface area contributed by atoms with Crippen LogP contribution < -0.4 is 10.6 Å². The third-order valence-electron chi connectivity index (χ3n) is 5.37. The van der Waals surface area contributed by atoms with E-state index in [4.69, 9.17) is 0 Å². The van der Waals surface area contributed by atoms with Gasteiger partial charge in [-0.25, -0.2) is 19.2 Å². The quantitative estimate of drug-likeness (QED) is 0.480. The first-order valence-corrected chi connectivity index (χ1v) is 9.68. The Morgan fingerprint density at radius 3 is 1.25 bits per heavy atom. The van der Waals surface area contributed by atoms with Gasteiger partial charge >= 0.3 is 24.0 Å². The van der Waals surface area contributed by atoms with E-state index in [1.807, 2.05) is 13.8 Å². The number of urea groups is 2. The molecule has 0 spiro atoms. The van der Waals surface area contributed by atoms with E-state index in [1.54, 1.807) is 13.8 Å². The molecule has 0 aromatic carbocycles. The van der Waals surface area contributed by atoms with Gasteiger partial charge in [0.25, 0.3) is 0 Å². The number of nitrogens with zero attached hydrogens (tertiary/aromatic N) is 2. The van der Waals surface area contributed by atoms with E-state index < -0.39 is 36.1 Å². The third-order valence-corrected chi connectivity index (χ3v) is 5.37. The predicted octanol–water partition coefficient (Wildman–Crippen LogP) is 1.02. The summed E-state index contributed by atoms with van der Waals surface area (Å²) in [4.78, 5) is 50.4. The summed E-state index contributed by atoms with van der Waals surface area (Å²) in [7, 11) is 0. The minimum atomic E-state index is -1.08. The molecule has 0 aliphatic carbocycles. The fourth-order valence-electron chi connectivity index (χ4n) is 2.93. The van der Waals surface area contributed by atoms with Gasteiger partial charge in [0.05, 0.1) is 0 Å². The molecule has 28 heavy (non-hydrogen) atoms. The van der Waals surface area contributed by atoms with Crippen LogP contribution in [-0.2, 0) is 9.59 Å². The van der Waals surface area contributed by atoms with Crippen LogP contribution in [-0.4, -0.2) is 82.3 Å². The van der Waals surface area contributed by atoms with Gasteiger partial charge in [0.15, 0.2) is 0 Å². The molecule has 4 N–H and O–H groups in total. The van der Waals surface area contributed by atoms with Crippen molar-refractivity contribution in [1.82, 2.24) is 20.4 Å². The number of piperazine rings is 1. The highest BCUT2D eigenvalue weighted by atomic mass is 16.4. The third kappa shape index (κ3) is 6.28. The molecule has 1 heterocycles. The van der Waals surface area contributed by atoms with Crippen molar-refractivity contribution >= 4 is 24.0 Å². The fourth-order valence-corrected chi connectivity index (χ4v) is 2.93. The van der Waals surface area contributed by atoms with Crippen LogP contribution in [0.4, 0.5) is 9.59 Å². The van der Waals surface area contributed by atoms with Crippen molar-refractivity contribution in [2.75, 3.05) is 26.2 Å². The van der Waals surface area contributed by atoms with Gasteiger partial charge in [0, 0.05) is 26.2 Å². The number of carboxylic acid groups (broad SMARTS) is 2. The van der Waals surface area contributed by atoms with E-state index in [-0.39, 0.29) is 38.0 Å². The smallest absolute Gasteiger partial charge is 0.326 e. The molecular weight excluding hydrogens is 368 g/mol. The molecule has 1 rings (SSSR count). The van der Waals surface area contributed by atoms with Gasteiger partial charge in [0.2, 0.25) is 0 Å². The maximum Gasteiger partial charge on any atom is 0.326 e.